The molecule has 0 fully saturated rings. The fourth-order valence-electron chi connectivity index (χ4n) is 0.364. The first-order chi connectivity index (χ1) is 7.04. The first kappa shape index (κ1) is 19.3. The van der Waals surface area contributed by atoms with Crippen LogP contribution in [-0.2, 0) is 9.59 Å². The van der Waals surface area contributed by atoms with Gasteiger partial charge in [0.2, 0.25) is 12.7 Å². The van der Waals surface area contributed by atoms with E-state index >= 15 is 0 Å². The van der Waals surface area contributed by atoms with Gasteiger partial charge in [-0.25, -0.2) is 4.98 Å². The van der Waals surface area contributed by atoms with E-state index in [1.807, 2.05) is 18.9 Å². The Kier molecular flexibility index (Phi) is 23.7. The second kappa shape index (κ2) is 18.5. The monoisotopic (exact) mass is 282 g/mol. The number of carboxylic acids is 1. The molecule has 15 heavy (non-hydrogen) atoms. The number of carbonyl (C=O) groups excluding carboxylic acids is 2. The van der Waals surface area contributed by atoms with E-state index in [2.05, 4.69) is 31.7 Å². The molecule has 1 amide bonds. The summed E-state index contributed by atoms with van der Waals surface area (Å²) in [7, 11) is 0. The van der Waals surface area contributed by atoms with Crippen LogP contribution in [-0.4, -0.2) is 33.4 Å². The predicted octanol–water partition coefficient (Wildman–Crippen LogP) is -1.80. The van der Waals surface area contributed by atoms with Crippen LogP contribution in [0, 0.1) is 6.92 Å². The molecule has 0 aliphatic rings. The summed E-state index contributed by atoms with van der Waals surface area (Å²) in [6, 6.07) is 0. The zero-order chi connectivity index (χ0) is 12.7. The van der Waals surface area contributed by atoms with Crippen molar-refractivity contribution in [3.63, 3.8) is 0 Å². The van der Waals surface area contributed by atoms with Crippen LogP contribution in [0.25, 0.3) is 0 Å². The van der Waals surface area contributed by atoms with Crippen LogP contribution in [0.1, 0.15) is 12.6 Å². The molecule has 1 aromatic heterocycles. The number of primary amides is 1. The van der Waals surface area contributed by atoms with Gasteiger partial charge in [-0.05, 0) is 6.92 Å². The number of nitrogens with two attached hydrogens (primary N) is 1. The molecule has 0 saturated heterocycles. The van der Waals surface area contributed by atoms with E-state index in [1.54, 1.807) is 6.33 Å². The molecule has 0 unspecified atom stereocenters. The van der Waals surface area contributed by atoms with Crippen LogP contribution in [0.4, 0.5) is 0 Å². The minimum atomic E-state index is -1.08. The summed E-state index contributed by atoms with van der Waals surface area (Å²) in [4.78, 5) is 23.3. The van der Waals surface area contributed by atoms with Gasteiger partial charge in [0.05, 0.1) is 0 Å². The van der Waals surface area contributed by atoms with Crippen LogP contribution in [0.15, 0.2) is 12.5 Å². The molecule has 0 radical (unpaired) electrons. The molecule has 6 nitrogen and oxygen atoms in total. The molecule has 0 saturated carbocycles. The smallest absolute Gasteiger partial charge is 0.239 e. The summed E-state index contributed by atoms with van der Waals surface area (Å²) in [6.07, 6.45) is 3.94. The van der Waals surface area contributed by atoms with Crippen molar-refractivity contribution in [3.8, 4) is 0 Å². The average Bonchev–Trinajstić information content (AvgIpc) is 2.60. The fourth-order valence-corrected chi connectivity index (χ4v) is 0.364. The maximum atomic E-state index is 8.89. The van der Waals surface area contributed by atoms with E-state index in [-0.39, 0.29) is 6.41 Å². The van der Waals surface area contributed by atoms with Crippen molar-refractivity contribution in [3.05, 3.63) is 18.2 Å². The third-order valence-corrected chi connectivity index (χ3v) is 0.683. The molecule has 0 aromatic carbocycles. The molecule has 1 rings (SSSR count). The number of aromatic nitrogens is 2. The number of hydrogen-bond acceptors (Lipinski definition) is 3. The molecule has 1 heterocycles. The molecular weight excluding hydrogens is 265 g/mol. The van der Waals surface area contributed by atoms with E-state index in [4.69, 9.17) is 14.7 Å². The van der Waals surface area contributed by atoms with E-state index in [9.17, 15) is 0 Å². The Morgan fingerprint density at radius 3 is 2.07 bits per heavy atom. The van der Waals surface area contributed by atoms with E-state index < -0.39 is 5.97 Å². The largest absolute Gasteiger partial charge is 0.372 e. The standard InChI is InChI=1S/C4H6N2.C2H4O2.CH3NO.CH4Se/c1-4-2-5-3-6-4;1-2(3)4;2-1-3;1-2/h2-3H,1H3,(H,5,6);1H3,(H,3,4);1H,(H2,2,3);2H,1H3/p-1. The van der Waals surface area contributed by atoms with Crippen molar-refractivity contribution in [1.82, 2.24) is 4.98 Å². The van der Waals surface area contributed by atoms with Crippen molar-refractivity contribution in [1.29, 1.82) is 0 Å². The second-order valence-corrected chi connectivity index (χ2v) is 1.91. The van der Waals surface area contributed by atoms with Crippen molar-refractivity contribution >= 4 is 28.4 Å². The number of aliphatic carboxylic acids is 1. The number of imidazole rings is 1. The van der Waals surface area contributed by atoms with Crippen LogP contribution in [0.5, 0.6) is 0 Å². The number of H-pyrrole nitrogens is 2. The molecule has 88 valence electrons. The zero-order valence-corrected chi connectivity index (χ0v) is 10.7. The Morgan fingerprint density at radius 1 is 1.67 bits per heavy atom. The molecule has 0 spiro atoms. The number of rotatable bonds is 0. The van der Waals surface area contributed by atoms with Crippen molar-refractivity contribution < 1.29 is 19.7 Å². The number of carbonyl (C=O) groups is 2. The van der Waals surface area contributed by atoms with Gasteiger partial charge in [-0.1, -0.05) is 0 Å². The number of aromatic amines is 2. The predicted molar refractivity (Wildman–Crippen MR) is 54.6 cm³/mol. The molecule has 0 aliphatic carbocycles. The van der Waals surface area contributed by atoms with Gasteiger partial charge in [0.15, 0.2) is 0 Å². The van der Waals surface area contributed by atoms with Crippen molar-refractivity contribution in [2.45, 2.75) is 19.7 Å². The summed E-state index contributed by atoms with van der Waals surface area (Å²) >= 11 is 2.62. The first-order valence-corrected chi connectivity index (χ1v) is 5.50. The Labute approximate surface area is 97.1 Å². The SMILES string of the molecule is CC(=O)[O-].C[Se-].Cc1c[nH+]c[nH]1.NC=O. The Bertz CT molecular complexity index is 223. The maximum absolute atomic E-state index is 8.89. The van der Waals surface area contributed by atoms with Gasteiger partial charge in [0.1, 0.15) is 11.9 Å². The van der Waals surface area contributed by atoms with Gasteiger partial charge in [-0.2, -0.15) is 0 Å². The average molecular weight is 281 g/mol. The first-order valence-electron chi connectivity index (χ1n) is 3.79. The number of amides is 1. The molecule has 0 bridgehead atoms. The van der Waals surface area contributed by atoms with Gasteiger partial charge in [-0.15, -0.1) is 0 Å². The van der Waals surface area contributed by atoms with Gasteiger partial charge in [0.25, 0.3) is 0 Å². The molecule has 1 aromatic rings. The summed E-state index contributed by atoms with van der Waals surface area (Å²) in [5.41, 5.74) is 5.33. The van der Waals surface area contributed by atoms with Gasteiger partial charge in [0, 0.05) is 12.9 Å². The molecule has 4 N–H and O–H groups in total. The van der Waals surface area contributed by atoms with Crippen LogP contribution >= 0.6 is 0 Å². The summed E-state index contributed by atoms with van der Waals surface area (Å²) in [5, 5.41) is 8.89. The minimum Gasteiger partial charge on any atom is -0.372 e. The van der Waals surface area contributed by atoms with E-state index in [0.717, 1.165) is 12.6 Å². The number of aryl methyl sites for hydroxylation is 1. The zero-order valence-electron chi connectivity index (χ0n) is 8.94. The Balaban J connectivity index is -0.000000142. The third kappa shape index (κ3) is 44.9. The summed E-state index contributed by atoms with van der Waals surface area (Å²) in [5.74, 6) is 0.792. The van der Waals surface area contributed by atoms with Gasteiger partial charge >= 0.3 is 21.8 Å². The normalized spacial score (nSPS) is 6.40. The molecule has 0 aliphatic heterocycles. The Morgan fingerprint density at radius 2 is 2.00 bits per heavy atom. The second-order valence-electron chi connectivity index (χ2n) is 1.91. The topological polar surface area (TPSA) is 113 Å². The fraction of sp³-hybridized carbons (Fsp3) is 0.375. The van der Waals surface area contributed by atoms with E-state index in [1.165, 1.54) is 0 Å². The van der Waals surface area contributed by atoms with Crippen LogP contribution < -0.4 is 15.8 Å². The van der Waals surface area contributed by atoms with Crippen LogP contribution in [0.2, 0.25) is 5.82 Å². The number of hydrogen-bond donors (Lipinski definition) is 2. The Hall–Kier alpha value is -1.33. The van der Waals surface area contributed by atoms with Crippen molar-refractivity contribution in [2.75, 3.05) is 0 Å². The summed E-state index contributed by atoms with van der Waals surface area (Å²) < 4.78 is 0. The number of nitrogens with one attached hydrogen (secondary N) is 2. The molecule has 0 atom stereocenters. The third-order valence-electron chi connectivity index (χ3n) is 0.683. The van der Waals surface area contributed by atoms with Gasteiger partial charge in [-0.3, -0.25) is 9.78 Å². The molecular formula is C8H16N3O3Se-. The maximum Gasteiger partial charge on any atom is 0.239 e. The summed E-state index contributed by atoms with van der Waals surface area (Å²) in [6.45, 7) is 2.97. The van der Waals surface area contributed by atoms with Crippen LogP contribution in [0.3, 0.4) is 0 Å². The van der Waals surface area contributed by atoms with Crippen molar-refractivity contribution in [2.24, 2.45) is 5.73 Å². The van der Waals surface area contributed by atoms with Gasteiger partial charge < -0.3 is 15.6 Å². The molecule has 7 heteroatoms. The number of carboxylic acid groups (broad SMARTS) is 1. The quantitative estimate of drug-likeness (QED) is 0.432. The van der Waals surface area contributed by atoms with E-state index in [0.29, 0.717) is 0 Å². The minimum absolute atomic E-state index is 0.250.